The van der Waals surface area contributed by atoms with Gasteiger partial charge in [0.1, 0.15) is 5.82 Å². The van der Waals surface area contributed by atoms with E-state index in [0.29, 0.717) is 5.02 Å². The fourth-order valence-electron chi connectivity index (χ4n) is 1.55. The molecule has 0 aromatic heterocycles. The van der Waals surface area contributed by atoms with E-state index < -0.39 is 11.7 Å². The molecule has 20 heavy (non-hydrogen) atoms. The van der Waals surface area contributed by atoms with E-state index in [0.717, 1.165) is 6.07 Å². The van der Waals surface area contributed by atoms with E-state index >= 15 is 0 Å². The standard InChI is InChI=1S/C13H6Cl4FNO/c14-6-4-8(16)12(9(17)5-6)19-13(20)11-7(15)2-1-3-10(11)18/h1-5H,(H,19,20). The van der Waals surface area contributed by atoms with E-state index in [2.05, 4.69) is 5.32 Å². The minimum Gasteiger partial charge on any atom is -0.319 e. The van der Waals surface area contributed by atoms with Crippen LogP contribution < -0.4 is 5.32 Å². The minimum absolute atomic E-state index is 0.0105. The Morgan fingerprint density at radius 1 is 1.00 bits per heavy atom. The molecule has 2 aromatic carbocycles. The monoisotopic (exact) mass is 351 g/mol. The lowest BCUT2D eigenvalue weighted by Crippen LogP contribution is -2.15. The highest BCUT2D eigenvalue weighted by atomic mass is 35.5. The number of amides is 1. The summed E-state index contributed by atoms with van der Waals surface area (Å²) in [7, 11) is 0. The van der Waals surface area contributed by atoms with Crippen LogP contribution in [-0.4, -0.2) is 5.91 Å². The van der Waals surface area contributed by atoms with Crippen LogP contribution in [0.2, 0.25) is 20.1 Å². The molecule has 0 unspecified atom stereocenters. The highest BCUT2D eigenvalue weighted by molar-refractivity contribution is 6.42. The van der Waals surface area contributed by atoms with Crippen LogP contribution in [0.4, 0.5) is 10.1 Å². The number of nitrogens with one attached hydrogen (secondary N) is 1. The third-order valence-corrected chi connectivity index (χ3v) is 3.56. The van der Waals surface area contributed by atoms with Gasteiger partial charge in [-0.25, -0.2) is 4.39 Å². The van der Waals surface area contributed by atoms with Crippen molar-refractivity contribution in [1.29, 1.82) is 0 Å². The van der Waals surface area contributed by atoms with E-state index in [-0.39, 0.29) is 26.3 Å². The predicted octanol–water partition coefficient (Wildman–Crippen LogP) is 5.69. The molecule has 7 heteroatoms. The van der Waals surface area contributed by atoms with Crippen molar-refractivity contribution in [3.8, 4) is 0 Å². The molecular formula is C13H6Cl4FNO. The summed E-state index contributed by atoms with van der Waals surface area (Å²) in [5.41, 5.74) is -0.140. The second kappa shape index (κ2) is 6.19. The van der Waals surface area contributed by atoms with Crippen molar-refractivity contribution >= 4 is 58.0 Å². The van der Waals surface area contributed by atoms with Crippen LogP contribution in [0.15, 0.2) is 30.3 Å². The average Bonchev–Trinajstić information content (AvgIpc) is 2.33. The average molecular weight is 353 g/mol. The molecule has 2 nitrogen and oxygen atoms in total. The van der Waals surface area contributed by atoms with Gasteiger partial charge in [0.2, 0.25) is 0 Å². The number of hydrogen-bond acceptors (Lipinski definition) is 1. The molecule has 0 aliphatic heterocycles. The normalized spacial score (nSPS) is 10.4. The molecule has 0 heterocycles. The van der Waals surface area contributed by atoms with E-state index in [1.54, 1.807) is 0 Å². The molecule has 0 aliphatic rings. The minimum atomic E-state index is -0.751. The molecule has 2 rings (SSSR count). The topological polar surface area (TPSA) is 29.1 Å². The van der Waals surface area contributed by atoms with Crippen LogP contribution in [0.25, 0.3) is 0 Å². The summed E-state index contributed by atoms with van der Waals surface area (Å²) in [6.07, 6.45) is 0. The number of anilines is 1. The number of halogens is 5. The van der Waals surface area contributed by atoms with Gasteiger partial charge >= 0.3 is 0 Å². The van der Waals surface area contributed by atoms with Gasteiger partial charge in [-0.1, -0.05) is 52.5 Å². The second-order valence-corrected chi connectivity index (χ2v) is 5.45. The zero-order valence-corrected chi connectivity index (χ0v) is 12.7. The quantitative estimate of drug-likeness (QED) is 0.738. The first kappa shape index (κ1) is 15.4. The molecule has 1 N–H and O–H groups in total. The number of benzene rings is 2. The van der Waals surface area contributed by atoms with Crippen molar-refractivity contribution in [2.45, 2.75) is 0 Å². The van der Waals surface area contributed by atoms with Crippen LogP contribution in [0.1, 0.15) is 10.4 Å². The first-order chi connectivity index (χ1) is 9.40. The van der Waals surface area contributed by atoms with Gasteiger partial charge in [0.25, 0.3) is 5.91 Å². The summed E-state index contributed by atoms with van der Waals surface area (Å²) in [5.74, 6) is -1.49. The van der Waals surface area contributed by atoms with E-state index in [1.807, 2.05) is 0 Å². The van der Waals surface area contributed by atoms with E-state index in [9.17, 15) is 9.18 Å². The van der Waals surface area contributed by atoms with Gasteiger partial charge < -0.3 is 5.32 Å². The molecule has 0 saturated heterocycles. The van der Waals surface area contributed by atoms with Crippen LogP contribution in [0.5, 0.6) is 0 Å². The molecule has 2 aromatic rings. The summed E-state index contributed by atoms with van der Waals surface area (Å²) >= 11 is 23.4. The Kier molecular flexibility index (Phi) is 4.76. The largest absolute Gasteiger partial charge is 0.319 e. The van der Waals surface area contributed by atoms with Crippen molar-refractivity contribution < 1.29 is 9.18 Å². The van der Waals surface area contributed by atoms with E-state index in [1.165, 1.54) is 24.3 Å². The maximum atomic E-state index is 13.6. The first-order valence-electron chi connectivity index (χ1n) is 5.30. The Bertz CT molecular complexity index is 647. The Labute approximate surface area is 134 Å². The Morgan fingerprint density at radius 2 is 1.60 bits per heavy atom. The zero-order valence-electron chi connectivity index (χ0n) is 9.68. The molecule has 0 radical (unpaired) electrons. The summed E-state index contributed by atoms with van der Waals surface area (Å²) in [5, 5.41) is 3.01. The Hall–Kier alpha value is -1.00. The first-order valence-corrected chi connectivity index (χ1v) is 6.81. The summed E-state index contributed by atoms with van der Waals surface area (Å²) < 4.78 is 13.6. The molecule has 0 atom stereocenters. The SMILES string of the molecule is O=C(Nc1c(Cl)cc(Cl)cc1Cl)c1c(F)cccc1Cl. The van der Waals surface area contributed by atoms with Gasteiger partial charge in [-0.2, -0.15) is 0 Å². The molecule has 104 valence electrons. The third kappa shape index (κ3) is 3.18. The van der Waals surface area contributed by atoms with Crippen molar-refractivity contribution in [2.75, 3.05) is 5.32 Å². The molecule has 0 saturated carbocycles. The maximum Gasteiger partial charge on any atom is 0.260 e. The second-order valence-electron chi connectivity index (χ2n) is 3.80. The van der Waals surface area contributed by atoms with Crippen molar-refractivity contribution in [3.63, 3.8) is 0 Å². The lowest BCUT2D eigenvalue weighted by molar-refractivity contribution is 0.102. The van der Waals surface area contributed by atoms with Gasteiger partial charge in [0.15, 0.2) is 0 Å². The Balaban J connectivity index is 2.38. The van der Waals surface area contributed by atoms with Crippen LogP contribution in [0, 0.1) is 5.82 Å². The highest BCUT2D eigenvalue weighted by Gasteiger charge is 2.18. The predicted molar refractivity (Wildman–Crippen MR) is 80.8 cm³/mol. The van der Waals surface area contributed by atoms with Gasteiger partial charge in [-0.05, 0) is 24.3 Å². The van der Waals surface area contributed by atoms with Crippen molar-refractivity contribution in [3.05, 3.63) is 61.8 Å². The molecule has 0 bridgehead atoms. The van der Waals surface area contributed by atoms with Crippen LogP contribution in [-0.2, 0) is 0 Å². The van der Waals surface area contributed by atoms with Crippen molar-refractivity contribution in [1.82, 2.24) is 0 Å². The van der Waals surface area contributed by atoms with Gasteiger partial charge in [-0.15, -0.1) is 0 Å². The van der Waals surface area contributed by atoms with Crippen LogP contribution >= 0.6 is 46.4 Å². The third-order valence-electron chi connectivity index (χ3n) is 2.44. The lowest BCUT2D eigenvalue weighted by Gasteiger charge is -2.11. The number of rotatable bonds is 2. The molecular weight excluding hydrogens is 347 g/mol. The Morgan fingerprint density at radius 3 is 2.15 bits per heavy atom. The smallest absolute Gasteiger partial charge is 0.260 e. The summed E-state index contributed by atoms with van der Waals surface area (Å²) in [6, 6.07) is 6.76. The zero-order chi connectivity index (χ0) is 14.9. The fourth-order valence-corrected chi connectivity index (χ4v) is 2.71. The number of carbonyl (C=O) groups excluding carboxylic acids is 1. The lowest BCUT2D eigenvalue weighted by atomic mass is 10.2. The summed E-state index contributed by atoms with van der Waals surface area (Å²) in [4.78, 5) is 12.1. The van der Waals surface area contributed by atoms with E-state index in [4.69, 9.17) is 46.4 Å². The fraction of sp³-hybridized carbons (Fsp3) is 0. The molecule has 0 fully saturated rings. The number of carbonyl (C=O) groups is 1. The maximum absolute atomic E-state index is 13.6. The molecule has 0 spiro atoms. The summed E-state index contributed by atoms with van der Waals surface area (Å²) in [6.45, 7) is 0. The van der Waals surface area contributed by atoms with Gasteiger partial charge in [0, 0.05) is 5.02 Å². The number of hydrogen-bond donors (Lipinski definition) is 1. The highest BCUT2D eigenvalue weighted by Crippen LogP contribution is 2.34. The van der Waals surface area contributed by atoms with Gasteiger partial charge in [-0.3, -0.25) is 4.79 Å². The molecule has 0 aliphatic carbocycles. The van der Waals surface area contributed by atoms with Crippen LogP contribution in [0.3, 0.4) is 0 Å². The van der Waals surface area contributed by atoms with Crippen molar-refractivity contribution in [2.24, 2.45) is 0 Å². The molecule has 1 amide bonds. The van der Waals surface area contributed by atoms with Gasteiger partial charge in [0.05, 0.1) is 26.3 Å².